The van der Waals surface area contributed by atoms with Crippen LogP contribution >= 0.6 is 11.6 Å². The van der Waals surface area contributed by atoms with Crippen LogP contribution in [0.25, 0.3) is 0 Å². The van der Waals surface area contributed by atoms with Gasteiger partial charge < -0.3 is 10.4 Å². The van der Waals surface area contributed by atoms with E-state index in [1.807, 2.05) is 18.2 Å². The van der Waals surface area contributed by atoms with E-state index >= 15 is 0 Å². The number of benzene rings is 1. The molecule has 1 aromatic carbocycles. The molecule has 1 amide bonds. The van der Waals surface area contributed by atoms with E-state index in [1.54, 1.807) is 6.07 Å². The molecule has 1 heterocycles. The minimum Gasteiger partial charge on any atom is -0.480 e. The van der Waals surface area contributed by atoms with Gasteiger partial charge in [-0.3, -0.25) is 14.3 Å². The van der Waals surface area contributed by atoms with Crippen LogP contribution in [-0.4, -0.2) is 26.8 Å². The fraction of sp³-hybridized carbons (Fsp3) is 0.312. The number of carboxylic acid groups (broad SMARTS) is 1. The average Bonchev–Trinajstić information content (AvgIpc) is 2.82. The fourth-order valence-corrected chi connectivity index (χ4v) is 3.87. The van der Waals surface area contributed by atoms with Gasteiger partial charge in [-0.25, -0.2) is 0 Å². The number of amides is 1. The monoisotopic (exact) mass is 331 g/mol. The minimum atomic E-state index is -0.976. The first kappa shape index (κ1) is 14.3. The van der Waals surface area contributed by atoms with Gasteiger partial charge >= 0.3 is 5.97 Å². The van der Waals surface area contributed by atoms with Crippen LogP contribution in [-0.2, 0) is 22.6 Å². The van der Waals surface area contributed by atoms with Crippen LogP contribution < -0.4 is 5.32 Å². The van der Waals surface area contributed by atoms with E-state index in [0.717, 1.165) is 11.4 Å². The van der Waals surface area contributed by atoms with Crippen molar-refractivity contribution in [2.24, 2.45) is 11.8 Å². The summed E-state index contributed by atoms with van der Waals surface area (Å²) in [6.45, 7) is -0.226. The molecule has 3 unspecified atom stereocenters. The smallest absolute Gasteiger partial charge is 0.325 e. The lowest BCUT2D eigenvalue weighted by Crippen LogP contribution is -2.18. The van der Waals surface area contributed by atoms with E-state index in [9.17, 15) is 9.59 Å². The molecule has 0 bridgehead atoms. The lowest BCUT2D eigenvalue weighted by molar-refractivity contribution is -0.137. The maximum atomic E-state index is 12.4. The van der Waals surface area contributed by atoms with Crippen LogP contribution in [0, 0.1) is 11.8 Å². The topological polar surface area (TPSA) is 84.2 Å². The molecule has 2 N–H and O–H groups in total. The normalized spacial score (nSPS) is 24.0. The number of carbonyl (C=O) groups excluding carboxylic acids is 1. The highest BCUT2D eigenvalue weighted by atomic mass is 35.5. The van der Waals surface area contributed by atoms with Crippen LogP contribution in [0.3, 0.4) is 0 Å². The van der Waals surface area contributed by atoms with Gasteiger partial charge in [-0.05, 0) is 29.5 Å². The average molecular weight is 332 g/mol. The molecular formula is C16H14ClN3O3. The predicted molar refractivity (Wildman–Crippen MR) is 83.4 cm³/mol. The van der Waals surface area contributed by atoms with E-state index in [0.29, 0.717) is 11.7 Å². The van der Waals surface area contributed by atoms with Crippen LogP contribution in [0.5, 0.6) is 0 Å². The lowest BCUT2D eigenvalue weighted by atomic mass is 10.0. The van der Waals surface area contributed by atoms with Gasteiger partial charge in [-0.1, -0.05) is 23.7 Å². The molecule has 118 valence electrons. The molecule has 1 fully saturated rings. The van der Waals surface area contributed by atoms with E-state index < -0.39 is 5.97 Å². The zero-order chi connectivity index (χ0) is 16.1. The summed E-state index contributed by atoms with van der Waals surface area (Å²) in [7, 11) is 0. The Labute approximate surface area is 137 Å². The number of nitrogens with one attached hydrogen (secondary N) is 1. The van der Waals surface area contributed by atoms with Crippen molar-refractivity contribution >= 4 is 29.3 Å². The number of anilines is 1. The third kappa shape index (κ3) is 2.39. The molecule has 4 rings (SSSR count). The van der Waals surface area contributed by atoms with E-state index in [2.05, 4.69) is 10.4 Å². The highest BCUT2D eigenvalue weighted by Gasteiger charge is 2.59. The van der Waals surface area contributed by atoms with Crippen LogP contribution in [0.4, 0.5) is 5.82 Å². The first-order valence-corrected chi connectivity index (χ1v) is 7.76. The summed E-state index contributed by atoms with van der Waals surface area (Å²) in [6.07, 6.45) is 2.37. The van der Waals surface area contributed by atoms with E-state index in [4.69, 9.17) is 16.7 Å². The highest BCUT2D eigenvalue weighted by Crippen LogP contribution is 2.62. The Morgan fingerprint density at radius 2 is 2.22 bits per heavy atom. The van der Waals surface area contributed by atoms with Crippen LogP contribution in [0.1, 0.15) is 17.0 Å². The van der Waals surface area contributed by atoms with Crippen molar-refractivity contribution in [1.29, 1.82) is 0 Å². The Bertz CT molecular complexity index is 817. The van der Waals surface area contributed by atoms with Gasteiger partial charge in [0.15, 0.2) is 5.82 Å². The molecule has 0 aliphatic heterocycles. The van der Waals surface area contributed by atoms with Gasteiger partial charge in [0.2, 0.25) is 5.91 Å². The molecule has 7 heteroatoms. The summed E-state index contributed by atoms with van der Waals surface area (Å²) in [5.74, 6) is -0.156. The Morgan fingerprint density at radius 3 is 3.00 bits per heavy atom. The number of carbonyl (C=O) groups is 2. The highest BCUT2D eigenvalue weighted by molar-refractivity contribution is 6.31. The van der Waals surface area contributed by atoms with Crippen molar-refractivity contribution in [3.63, 3.8) is 0 Å². The van der Waals surface area contributed by atoms with Crippen molar-refractivity contribution in [2.45, 2.75) is 18.9 Å². The van der Waals surface area contributed by atoms with Crippen molar-refractivity contribution in [3.05, 3.63) is 46.6 Å². The number of nitrogens with zero attached hydrogens (tertiary/aromatic N) is 2. The first-order chi connectivity index (χ1) is 11.0. The summed E-state index contributed by atoms with van der Waals surface area (Å²) in [5.41, 5.74) is 2.35. The number of aliphatic carboxylic acids is 1. The van der Waals surface area contributed by atoms with Gasteiger partial charge in [0.05, 0.1) is 0 Å². The van der Waals surface area contributed by atoms with Crippen LogP contribution in [0.2, 0.25) is 5.02 Å². The molecule has 2 aliphatic carbocycles. The molecule has 0 radical (unpaired) electrons. The second-order valence-electron chi connectivity index (χ2n) is 6.01. The fourth-order valence-electron chi connectivity index (χ4n) is 3.61. The summed E-state index contributed by atoms with van der Waals surface area (Å²) in [4.78, 5) is 23.0. The van der Waals surface area contributed by atoms with Crippen molar-refractivity contribution in [2.75, 3.05) is 5.32 Å². The first-order valence-electron chi connectivity index (χ1n) is 7.38. The predicted octanol–water partition coefficient (Wildman–Crippen LogP) is 2.15. The standard InChI is InChI=1S/C16H14ClN3O3/c17-11-3-1-2-8-9(11)6-10-14(8)15(10)16(23)18-12-4-5-20(19-12)7-13(21)22/h1-5,10,14-15H,6-7H2,(H,21,22)(H,18,19,23). The Hall–Kier alpha value is -2.34. The number of fused-ring (bicyclic) bond motifs is 3. The second-order valence-corrected chi connectivity index (χ2v) is 6.42. The quantitative estimate of drug-likeness (QED) is 0.899. The SMILES string of the molecule is O=C(O)Cn1ccc(NC(=O)C2C3Cc4c(Cl)cccc4C32)n1. The summed E-state index contributed by atoms with van der Waals surface area (Å²) >= 11 is 6.20. The number of halogens is 1. The second kappa shape index (κ2) is 5.09. The molecule has 2 aliphatic rings. The largest absolute Gasteiger partial charge is 0.480 e. The van der Waals surface area contributed by atoms with Gasteiger partial charge in [0.25, 0.3) is 0 Å². The Kier molecular flexibility index (Phi) is 3.16. The Morgan fingerprint density at radius 1 is 1.39 bits per heavy atom. The molecular weight excluding hydrogens is 318 g/mol. The van der Waals surface area contributed by atoms with E-state index in [-0.39, 0.29) is 24.3 Å². The van der Waals surface area contributed by atoms with E-state index in [1.165, 1.54) is 22.0 Å². The number of hydrogen-bond donors (Lipinski definition) is 2. The molecule has 3 atom stereocenters. The minimum absolute atomic E-state index is 0.0504. The molecule has 1 aromatic heterocycles. The zero-order valence-electron chi connectivity index (χ0n) is 12.1. The summed E-state index contributed by atoms with van der Waals surface area (Å²) in [6, 6.07) is 7.45. The number of rotatable bonds is 4. The molecule has 23 heavy (non-hydrogen) atoms. The molecule has 6 nitrogen and oxygen atoms in total. The Balaban J connectivity index is 1.44. The molecule has 1 saturated carbocycles. The number of aromatic nitrogens is 2. The molecule has 2 aromatic rings. The maximum Gasteiger partial charge on any atom is 0.325 e. The van der Waals surface area contributed by atoms with Crippen LogP contribution in [0.15, 0.2) is 30.5 Å². The third-order valence-corrected chi connectivity index (χ3v) is 4.97. The lowest BCUT2D eigenvalue weighted by Gasteiger charge is -2.09. The summed E-state index contributed by atoms with van der Waals surface area (Å²) < 4.78 is 1.28. The molecule has 0 spiro atoms. The summed E-state index contributed by atoms with van der Waals surface area (Å²) in [5, 5.41) is 16.3. The van der Waals surface area contributed by atoms with Crippen molar-refractivity contribution in [1.82, 2.24) is 9.78 Å². The maximum absolute atomic E-state index is 12.4. The molecule has 0 saturated heterocycles. The van der Waals surface area contributed by atoms with Gasteiger partial charge in [0, 0.05) is 29.1 Å². The zero-order valence-corrected chi connectivity index (χ0v) is 12.8. The number of carboxylic acids is 1. The van der Waals surface area contributed by atoms with Gasteiger partial charge in [-0.2, -0.15) is 5.10 Å². The van der Waals surface area contributed by atoms with Crippen molar-refractivity contribution in [3.8, 4) is 0 Å². The van der Waals surface area contributed by atoms with Gasteiger partial charge in [0.1, 0.15) is 6.54 Å². The van der Waals surface area contributed by atoms with Gasteiger partial charge in [-0.15, -0.1) is 0 Å². The van der Waals surface area contributed by atoms with Crippen molar-refractivity contribution < 1.29 is 14.7 Å². The third-order valence-electron chi connectivity index (χ3n) is 4.61. The number of hydrogen-bond acceptors (Lipinski definition) is 3.